The molecular formula is C85H76F4N10O10. The van der Waals surface area contributed by atoms with E-state index in [1.54, 1.807) is 56.5 Å². The van der Waals surface area contributed by atoms with Gasteiger partial charge in [0.2, 0.25) is 0 Å². The summed E-state index contributed by atoms with van der Waals surface area (Å²) < 4.78 is 85.9. The molecule has 0 radical (unpaired) electrons. The highest BCUT2D eigenvalue weighted by molar-refractivity contribution is 6.00. The number of methoxy groups -OCH3 is 5. The lowest BCUT2D eigenvalue weighted by atomic mass is 10.0. The van der Waals surface area contributed by atoms with Gasteiger partial charge in [0.15, 0.2) is 0 Å². The Morgan fingerprint density at radius 2 is 0.679 bits per heavy atom. The number of ether oxygens (including phenoxy) is 5. The van der Waals surface area contributed by atoms with E-state index in [4.69, 9.17) is 14.2 Å². The van der Waals surface area contributed by atoms with Crippen LogP contribution in [0.1, 0.15) is 27.8 Å². The number of hydrogen-bond acceptors (Lipinski definition) is 15. The van der Waals surface area contributed by atoms with Crippen molar-refractivity contribution in [1.29, 1.82) is 0 Å². The number of benzene rings is 10. The quantitative estimate of drug-likeness (QED) is 0.0529. The number of fused-ring (bicyclic) bond motifs is 5. The molecule has 0 saturated carbocycles. The average Bonchev–Trinajstić information content (AvgIpc) is 1.63. The van der Waals surface area contributed by atoms with Crippen molar-refractivity contribution in [1.82, 2.24) is 48.9 Å². The molecule has 15 aromatic rings. The standard InChI is InChI=1S/C17H13F3N2O2.C17H15FN2O2.3C17H16N2O2/c1-24-14(23)10-22-13-9-5-8-12(17(18,19)20)15(13)16(21-22)11-6-3-2-4-7-11;1-11-7-8-14(18)13(9-11)17-12-5-3-4-6-15(12)20(19-17)10-16(21)22-2;1-12-7-6-10-14-16(13-8-4-3-5-9-13)18-19(17(12)14)11-15(20)21-2;1-12-7-6-10-14-16(12)17(13-8-4-3-5-9-13)18-19(14)11-15(20)21-2;1-12-8-9-15-14(10-12)17(13-6-4-3-5-7-13)18-19(15)11-16(20)21-2/h2-9H,10H2,1H3;3-9H,10H2,1-2H3;3*3-10H,11H2,1-2H3. The zero-order chi connectivity index (χ0) is 77.5. The van der Waals surface area contributed by atoms with Gasteiger partial charge in [0.1, 0.15) is 67.0 Å². The lowest BCUT2D eigenvalue weighted by Gasteiger charge is -2.09. The topological polar surface area (TPSA) is 221 Å². The maximum atomic E-state index is 14.2. The van der Waals surface area contributed by atoms with Crippen LogP contribution in [0.25, 0.3) is 111 Å². The molecule has 0 amide bonds. The van der Waals surface area contributed by atoms with Crippen LogP contribution in [0.15, 0.2) is 237 Å². The van der Waals surface area contributed by atoms with Gasteiger partial charge >= 0.3 is 36.0 Å². The molecular weight excluding hydrogens is 1400 g/mol. The van der Waals surface area contributed by atoms with Crippen molar-refractivity contribution in [2.75, 3.05) is 35.5 Å². The first-order chi connectivity index (χ1) is 52.6. The summed E-state index contributed by atoms with van der Waals surface area (Å²) in [5.74, 6) is -2.23. The number of hydrogen-bond donors (Lipinski definition) is 0. The summed E-state index contributed by atoms with van der Waals surface area (Å²) in [7, 11) is 6.70. The van der Waals surface area contributed by atoms with E-state index < -0.39 is 23.7 Å². The molecule has 10 aromatic carbocycles. The molecule has 0 aliphatic rings. The maximum absolute atomic E-state index is 14.2. The van der Waals surface area contributed by atoms with Crippen LogP contribution in [0.5, 0.6) is 0 Å². The average molecular weight is 1470 g/mol. The van der Waals surface area contributed by atoms with Crippen molar-refractivity contribution in [3.05, 3.63) is 270 Å². The van der Waals surface area contributed by atoms with E-state index in [1.165, 1.54) is 63.1 Å². The fraction of sp³-hybridized carbons (Fsp3) is 0.176. The first-order valence-corrected chi connectivity index (χ1v) is 34.4. The highest BCUT2D eigenvalue weighted by atomic mass is 19.4. The monoisotopic (exact) mass is 1470 g/mol. The molecule has 0 N–H and O–H groups in total. The number of aryl methyl sites for hydroxylation is 4. The second-order valence-electron chi connectivity index (χ2n) is 25.0. The first kappa shape index (κ1) is 76.7. The van der Waals surface area contributed by atoms with E-state index in [0.29, 0.717) is 16.8 Å². The lowest BCUT2D eigenvalue weighted by Crippen LogP contribution is -2.13. The molecule has 109 heavy (non-hydrogen) atoms. The van der Waals surface area contributed by atoms with E-state index in [9.17, 15) is 41.5 Å². The molecule has 0 saturated heterocycles. The third kappa shape index (κ3) is 17.8. The van der Waals surface area contributed by atoms with Gasteiger partial charge in [0, 0.05) is 54.7 Å². The molecule has 0 unspecified atom stereocenters. The summed E-state index contributed by atoms with van der Waals surface area (Å²) in [5.41, 5.74) is 14.9. The Balaban J connectivity index is 0.000000135. The summed E-state index contributed by atoms with van der Waals surface area (Å²) in [6, 6.07) is 72.9. The molecule has 554 valence electrons. The number of alkyl halides is 3. The van der Waals surface area contributed by atoms with E-state index in [2.05, 4.69) is 54.0 Å². The zero-order valence-corrected chi connectivity index (χ0v) is 61.1. The fourth-order valence-corrected chi connectivity index (χ4v) is 12.5. The molecule has 0 spiro atoms. The minimum atomic E-state index is -4.53. The molecule has 0 aliphatic carbocycles. The van der Waals surface area contributed by atoms with Crippen molar-refractivity contribution in [3.8, 4) is 56.3 Å². The van der Waals surface area contributed by atoms with Crippen LogP contribution in [-0.4, -0.2) is 114 Å². The predicted molar refractivity (Wildman–Crippen MR) is 410 cm³/mol. The van der Waals surface area contributed by atoms with Crippen LogP contribution < -0.4 is 0 Å². The van der Waals surface area contributed by atoms with Gasteiger partial charge in [0.25, 0.3) is 0 Å². The molecule has 0 bridgehead atoms. The summed E-state index contributed by atoms with van der Waals surface area (Å²) in [6.07, 6.45) is -4.53. The Morgan fingerprint density at radius 3 is 1.18 bits per heavy atom. The van der Waals surface area contributed by atoms with Crippen molar-refractivity contribution >= 4 is 84.4 Å². The minimum absolute atomic E-state index is 0.00948. The number of para-hydroxylation sites is 2. The van der Waals surface area contributed by atoms with Gasteiger partial charge in [0.05, 0.1) is 68.7 Å². The van der Waals surface area contributed by atoms with Gasteiger partial charge in [-0.3, -0.25) is 47.4 Å². The third-order valence-electron chi connectivity index (χ3n) is 17.7. The second kappa shape index (κ2) is 34.7. The van der Waals surface area contributed by atoms with Crippen LogP contribution in [-0.2, 0) is 86.6 Å². The minimum Gasteiger partial charge on any atom is -0.468 e. The van der Waals surface area contributed by atoms with Crippen LogP contribution in [0.3, 0.4) is 0 Å². The van der Waals surface area contributed by atoms with E-state index >= 15 is 0 Å². The Kier molecular flexibility index (Phi) is 24.4. The number of carbonyl (C=O) groups is 5. The van der Waals surface area contributed by atoms with Crippen LogP contribution in [0, 0.1) is 33.5 Å². The lowest BCUT2D eigenvalue weighted by molar-refractivity contribution is -0.142. The van der Waals surface area contributed by atoms with E-state index in [0.717, 1.165) is 106 Å². The highest BCUT2D eigenvalue weighted by Crippen LogP contribution is 2.40. The van der Waals surface area contributed by atoms with Gasteiger partial charge in [-0.1, -0.05) is 199 Å². The van der Waals surface area contributed by atoms with Gasteiger partial charge in [-0.2, -0.15) is 38.7 Å². The summed E-state index contributed by atoms with van der Waals surface area (Å²) in [4.78, 5) is 57.8. The maximum Gasteiger partial charge on any atom is 0.417 e. The normalized spacial score (nSPS) is 11.0. The summed E-state index contributed by atoms with van der Waals surface area (Å²) in [6.45, 7) is 8.09. The largest absolute Gasteiger partial charge is 0.468 e. The summed E-state index contributed by atoms with van der Waals surface area (Å²) in [5, 5.41) is 26.5. The third-order valence-corrected chi connectivity index (χ3v) is 17.7. The number of esters is 5. The second-order valence-corrected chi connectivity index (χ2v) is 25.0. The van der Waals surface area contributed by atoms with Gasteiger partial charge in [-0.15, -0.1) is 0 Å². The molecule has 24 heteroatoms. The van der Waals surface area contributed by atoms with Crippen LogP contribution in [0.4, 0.5) is 17.6 Å². The van der Waals surface area contributed by atoms with Crippen molar-refractivity contribution < 1.29 is 65.2 Å². The van der Waals surface area contributed by atoms with Crippen LogP contribution >= 0.6 is 0 Å². The van der Waals surface area contributed by atoms with E-state index in [-0.39, 0.29) is 73.0 Å². The molecule has 20 nitrogen and oxygen atoms in total. The molecule has 5 heterocycles. The Hall–Kier alpha value is -13.4. The van der Waals surface area contributed by atoms with Crippen molar-refractivity contribution in [2.45, 2.75) is 66.6 Å². The van der Waals surface area contributed by atoms with Gasteiger partial charge in [-0.05, 0) is 87.4 Å². The Morgan fingerprint density at radius 1 is 0.330 bits per heavy atom. The smallest absolute Gasteiger partial charge is 0.417 e. The first-order valence-electron chi connectivity index (χ1n) is 34.4. The summed E-state index contributed by atoms with van der Waals surface area (Å²) >= 11 is 0. The predicted octanol–water partition coefficient (Wildman–Crippen LogP) is 16.8. The SMILES string of the molecule is COC(=O)Cn1nc(-c2cc(C)ccc2F)c2ccccc21.COC(=O)Cn1nc(-c2ccccc2)c2c(C(F)(F)F)cccc21.COC(=O)Cn1nc(-c2ccccc2)c2c(C)cccc21.COC(=O)Cn1nc(-c2ccccc2)c2cc(C)ccc21.COC(=O)Cn1nc(-c2ccccc2)c2cccc(C)c21. The number of rotatable bonds is 15. The van der Waals surface area contributed by atoms with Crippen LogP contribution in [0.2, 0.25) is 0 Å². The molecule has 0 aliphatic heterocycles. The fourth-order valence-electron chi connectivity index (χ4n) is 12.5. The van der Waals surface area contributed by atoms with Crippen molar-refractivity contribution in [3.63, 3.8) is 0 Å². The zero-order valence-electron chi connectivity index (χ0n) is 61.1. The highest BCUT2D eigenvalue weighted by Gasteiger charge is 2.35. The van der Waals surface area contributed by atoms with Crippen molar-refractivity contribution in [2.24, 2.45) is 0 Å². The Bertz CT molecular complexity index is 5720. The number of aromatic nitrogens is 10. The Labute approximate surface area is 624 Å². The molecule has 0 fully saturated rings. The van der Waals surface area contributed by atoms with E-state index in [1.807, 2.05) is 178 Å². The van der Waals surface area contributed by atoms with Gasteiger partial charge in [-0.25, -0.2) is 4.39 Å². The molecule has 15 rings (SSSR count). The number of halogens is 4. The van der Waals surface area contributed by atoms with Gasteiger partial charge < -0.3 is 23.7 Å². The molecule has 5 aromatic heterocycles. The molecule has 0 atom stereocenters. The number of carbonyl (C=O) groups excluding carboxylic acids is 5. The number of nitrogens with zero attached hydrogens (tertiary/aromatic N) is 10.